The summed E-state index contributed by atoms with van der Waals surface area (Å²) in [6.45, 7) is 0.637. The molecule has 0 bridgehead atoms. The van der Waals surface area contributed by atoms with E-state index in [4.69, 9.17) is 11.6 Å². The number of benzene rings is 1. The molecule has 9 nitrogen and oxygen atoms in total. The number of likely N-dealkylation sites (tertiary alicyclic amines) is 2. The van der Waals surface area contributed by atoms with Gasteiger partial charge in [0.15, 0.2) is 0 Å². The molecule has 3 amide bonds. The van der Waals surface area contributed by atoms with Crippen molar-refractivity contribution in [3.63, 3.8) is 0 Å². The van der Waals surface area contributed by atoms with E-state index in [0.717, 1.165) is 18.2 Å². The van der Waals surface area contributed by atoms with Crippen LogP contribution in [0.1, 0.15) is 48.5 Å². The van der Waals surface area contributed by atoms with Gasteiger partial charge in [-0.15, -0.1) is 11.3 Å². The molecule has 3 aliphatic rings. The lowest BCUT2D eigenvalue weighted by molar-refractivity contribution is -0.145. The summed E-state index contributed by atoms with van der Waals surface area (Å²) in [5, 5.41) is 4.11. The fraction of sp³-hybridized carbons (Fsp3) is 0.444. The Morgan fingerprint density at radius 2 is 1.85 bits per heavy atom. The van der Waals surface area contributed by atoms with Crippen LogP contribution in [0.3, 0.4) is 0 Å². The number of hydrogen-bond acceptors (Lipinski definition) is 6. The van der Waals surface area contributed by atoms with Gasteiger partial charge in [-0.3, -0.25) is 14.4 Å². The molecule has 4 atom stereocenters. The fourth-order valence-corrected chi connectivity index (χ4v) is 7.38. The van der Waals surface area contributed by atoms with E-state index < -0.39 is 28.0 Å². The Morgan fingerprint density at radius 1 is 1.08 bits per heavy atom. The summed E-state index contributed by atoms with van der Waals surface area (Å²) in [6, 6.07) is 12.0. The zero-order chi connectivity index (χ0) is 27.6. The first-order valence-corrected chi connectivity index (χ1v) is 15.8. The highest BCUT2D eigenvalue weighted by Crippen LogP contribution is 2.40. The highest BCUT2D eigenvalue weighted by Gasteiger charge is 2.43. The third-order valence-corrected chi connectivity index (χ3v) is 9.69. The summed E-state index contributed by atoms with van der Waals surface area (Å²) < 4.78 is 28.1. The lowest BCUT2D eigenvalue weighted by Crippen LogP contribution is -2.55. The Bertz CT molecular complexity index is 1360. The van der Waals surface area contributed by atoms with E-state index in [1.165, 1.54) is 27.9 Å². The topological polar surface area (TPSA) is 116 Å². The van der Waals surface area contributed by atoms with E-state index in [9.17, 15) is 22.8 Å². The van der Waals surface area contributed by atoms with Crippen LogP contribution in [0.25, 0.3) is 6.08 Å². The Labute approximate surface area is 237 Å². The van der Waals surface area contributed by atoms with Gasteiger partial charge in [-0.1, -0.05) is 41.9 Å². The van der Waals surface area contributed by atoms with E-state index >= 15 is 0 Å². The van der Waals surface area contributed by atoms with E-state index in [1.807, 2.05) is 18.2 Å². The molecule has 1 aromatic carbocycles. The molecule has 3 fully saturated rings. The quantitative estimate of drug-likeness (QED) is 0.466. The van der Waals surface area contributed by atoms with Gasteiger partial charge in [-0.05, 0) is 55.9 Å². The van der Waals surface area contributed by atoms with Gasteiger partial charge in [0.05, 0.1) is 10.9 Å². The minimum absolute atomic E-state index is 0.0701. The zero-order valence-electron chi connectivity index (χ0n) is 21.3. The van der Waals surface area contributed by atoms with Crippen LogP contribution < -0.4 is 10.0 Å². The van der Waals surface area contributed by atoms with Crippen molar-refractivity contribution in [1.82, 2.24) is 19.8 Å². The number of nitrogens with one attached hydrogen (secondary N) is 2. The fourth-order valence-electron chi connectivity index (χ4n) is 5.31. The number of halogens is 1. The Morgan fingerprint density at radius 3 is 2.59 bits per heavy atom. The lowest BCUT2D eigenvalue weighted by atomic mass is 10.1. The maximum Gasteiger partial charge on any atom is 0.243 e. The van der Waals surface area contributed by atoms with Gasteiger partial charge < -0.3 is 15.1 Å². The van der Waals surface area contributed by atoms with Gasteiger partial charge in [0.2, 0.25) is 27.7 Å². The van der Waals surface area contributed by atoms with Gasteiger partial charge in [-0.2, -0.15) is 4.72 Å². The Kier molecular flexibility index (Phi) is 8.41. The molecule has 2 aliphatic heterocycles. The van der Waals surface area contributed by atoms with E-state index in [0.29, 0.717) is 47.5 Å². The van der Waals surface area contributed by atoms with Crippen LogP contribution in [-0.2, 0) is 24.4 Å². The Balaban J connectivity index is 1.14. The molecule has 1 aromatic heterocycles. The average molecular weight is 591 g/mol. The monoisotopic (exact) mass is 590 g/mol. The van der Waals surface area contributed by atoms with Crippen LogP contribution in [0.5, 0.6) is 0 Å². The van der Waals surface area contributed by atoms with Crippen molar-refractivity contribution in [2.45, 2.75) is 56.1 Å². The van der Waals surface area contributed by atoms with Crippen molar-refractivity contribution in [3.05, 3.63) is 62.6 Å². The molecule has 5 rings (SSSR count). The van der Waals surface area contributed by atoms with E-state index in [-0.39, 0.29) is 24.4 Å². The normalized spacial score (nSPS) is 25.3. The number of carbonyl (C=O) groups excluding carboxylic acids is 3. The van der Waals surface area contributed by atoms with Crippen molar-refractivity contribution in [1.29, 1.82) is 0 Å². The highest BCUT2D eigenvalue weighted by atomic mass is 35.5. The highest BCUT2D eigenvalue weighted by molar-refractivity contribution is 7.92. The summed E-state index contributed by atoms with van der Waals surface area (Å²) in [6.07, 6.45) is 4.51. The molecule has 2 aromatic rings. The molecule has 0 unspecified atom stereocenters. The number of carbonyl (C=O) groups is 3. The predicted molar refractivity (Wildman–Crippen MR) is 150 cm³/mol. The summed E-state index contributed by atoms with van der Waals surface area (Å²) >= 11 is 7.13. The van der Waals surface area contributed by atoms with Crippen molar-refractivity contribution < 1.29 is 22.8 Å². The van der Waals surface area contributed by atoms with Crippen LogP contribution in [0.4, 0.5) is 0 Å². The first kappa shape index (κ1) is 27.8. The first-order chi connectivity index (χ1) is 18.7. The van der Waals surface area contributed by atoms with Crippen molar-refractivity contribution in [2.24, 2.45) is 0 Å². The first-order valence-electron chi connectivity index (χ1n) is 13.1. The molecule has 0 spiro atoms. The third-order valence-electron chi connectivity index (χ3n) is 7.39. The smallest absolute Gasteiger partial charge is 0.243 e. The second-order valence-electron chi connectivity index (χ2n) is 10.2. The summed E-state index contributed by atoms with van der Waals surface area (Å²) in [5.41, 5.74) is 1.20. The minimum Gasteiger partial charge on any atom is -0.351 e. The van der Waals surface area contributed by atoms with Crippen LogP contribution in [0.2, 0.25) is 4.34 Å². The summed E-state index contributed by atoms with van der Waals surface area (Å²) in [4.78, 5) is 43.0. The Hall–Kier alpha value is -2.73. The van der Waals surface area contributed by atoms with Gasteiger partial charge in [-0.25, -0.2) is 8.42 Å². The molecular weight excluding hydrogens is 560 g/mol. The van der Waals surface area contributed by atoms with Crippen LogP contribution >= 0.6 is 22.9 Å². The van der Waals surface area contributed by atoms with Gasteiger partial charge in [0.1, 0.15) is 12.1 Å². The molecule has 12 heteroatoms. The SMILES string of the molecule is O=C(N[C@H]1C[C@@H]1c1ccccc1)[C@@H]1CCCN1C(=O)CN1CCC[C@H](NS(=O)(=O)/C=C/c2ccc(Cl)s2)C1=O. The van der Waals surface area contributed by atoms with Crippen LogP contribution in [0, 0.1) is 0 Å². The van der Waals surface area contributed by atoms with Crippen molar-refractivity contribution in [3.8, 4) is 0 Å². The van der Waals surface area contributed by atoms with Gasteiger partial charge in [0, 0.05) is 35.3 Å². The van der Waals surface area contributed by atoms with E-state index in [1.54, 1.807) is 17.0 Å². The number of thiophene rings is 1. The maximum absolute atomic E-state index is 13.2. The van der Waals surface area contributed by atoms with Crippen molar-refractivity contribution in [2.75, 3.05) is 19.6 Å². The van der Waals surface area contributed by atoms with Crippen molar-refractivity contribution >= 4 is 56.8 Å². The second kappa shape index (κ2) is 11.8. The molecule has 0 radical (unpaired) electrons. The maximum atomic E-state index is 13.2. The molecule has 1 saturated carbocycles. The number of piperidine rings is 1. The molecule has 208 valence electrons. The molecule has 3 heterocycles. The minimum atomic E-state index is -3.88. The summed E-state index contributed by atoms with van der Waals surface area (Å²) in [5.74, 6) is -0.590. The molecule has 2 saturated heterocycles. The molecule has 2 N–H and O–H groups in total. The molecular formula is C27H31ClN4O5S2. The zero-order valence-corrected chi connectivity index (χ0v) is 23.7. The number of sulfonamides is 1. The lowest BCUT2D eigenvalue weighted by Gasteiger charge is -2.33. The number of rotatable bonds is 9. The standard InChI is InChI=1S/C27H31ClN4O5S2/c28-24-11-10-19(38-24)12-15-39(36,37)30-21-8-4-13-31(27(21)35)17-25(33)32-14-5-9-23(32)26(34)29-22-16-20(22)18-6-2-1-3-7-18/h1-3,6-7,10-12,15,20-23,30H,4-5,8-9,13-14,16-17H2,(H,29,34)/b15-12+/t20-,21+,22+,23+/m1/s1. The number of hydrogen-bond donors (Lipinski definition) is 2. The summed E-state index contributed by atoms with van der Waals surface area (Å²) in [7, 11) is -3.88. The second-order valence-corrected chi connectivity index (χ2v) is 13.5. The van der Waals surface area contributed by atoms with E-state index in [2.05, 4.69) is 22.2 Å². The van der Waals surface area contributed by atoms with Gasteiger partial charge in [0.25, 0.3) is 0 Å². The largest absolute Gasteiger partial charge is 0.351 e. The number of nitrogens with zero attached hydrogens (tertiary/aromatic N) is 2. The van der Waals surface area contributed by atoms with Crippen LogP contribution in [0.15, 0.2) is 47.9 Å². The van der Waals surface area contributed by atoms with Gasteiger partial charge >= 0.3 is 0 Å². The third kappa shape index (κ3) is 6.89. The number of amides is 3. The average Bonchev–Trinajstić information content (AvgIpc) is 3.28. The van der Waals surface area contributed by atoms with Crippen LogP contribution in [-0.4, -0.2) is 73.7 Å². The predicted octanol–water partition coefficient (Wildman–Crippen LogP) is 2.95. The molecule has 1 aliphatic carbocycles. The molecule has 39 heavy (non-hydrogen) atoms.